The molecule has 1 aromatic carbocycles. The summed E-state index contributed by atoms with van der Waals surface area (Å²) in [5, 5.41) is 1.41. The minimum absolute atomic E-state index is 0.227. The maximum absolute atomic E-state index is 10.9. The van der Waals surface area contributed by atoms with Gasteiger partial charge in [-0.25, -0.2) is 4.98 Å². The summed E-state index contributed by atoms with van der Waals surface area (Å²) in [5.74, 6) is -0.549. The van der Waals surface area contributed by atoms with E-state index in [1.807, 2.05) is 12.1 Å². The molecule has 0 aliphatic carbocycles. The van der Waals surface area contributed by atoms with Gasteiger partial charge in [-0.15, -0.1) is 0 Å². The standard InChI is InChI=1S/C10H7ClN2O/c11-7-3-1-2-6-4-5-8(10(12)14)13-9(6)7/h1-5H,(H2,12,14). The maximum Gasteiger partial charge on any atom is 0.267 e. The number of hydrogen-bond donors (Lipinski definition) is 1. The zero-order valence-corrected chi connectivity index (χ0v) is 7.95. The van der Waals surface area contributed by atoms with Crippen molar-refractivity contribution in [1.29, 1.82) is 0 Å². The highest BCUT2D eigenvalue weighted by Crippen LogP contribution is 2.21. The summed E-state index contributed by atoms with van der Waals surface area (Å²) in [6.45, 7) is 0. The predicted octanol–water partition coefficient (Wildman–Crippen LogP) is 1.99. The third kappa shape index (κ3) is 1.42. The highest BCUT2D eigenvalue weighted by atomic mass is 35.5. The summed E-state index contributed by atoms with van der Waals surface area (Å²) in [4.78, 5) is 14.9. The second-order valence-corrected chi connectivity index (χ2v) is 3.28. The molecular formula is C10H7ClN2O. The SMILES string of the molecule is NC(=O)c1ccc2cccc(Cl)c2n1. The third-order valence-corrected chi connectivity index (χ3v) is 2.23. The molecule has 0 fully saturated rings. The molecule has 0 unspecified atom stereocenters. The van der Waals surface area contributed by atoms with Gasteiger partial charge in [0.05, 0.1) is 10.5 Å². The van der Waals surface area contributed by atoms with Crippen molar-refractivity contribution in [2.75, 3.05) is 0 Å². The van der Waals surface area contributed by atoms with Crippen molar-refractivity contribution < 1.29 is 4.79 Å². The molecule has 0 saturated carbocycles. The fraction of sp³-hybridized carbons (Fsp3) is 0. The molecule has 1 amide bonds. The molecule has 0 radical (unpaired) electrons. The average Bonchev–Trinajstić information content (AvgIpc) is 2.18. The smallest absolute Gasteiger partial charge is 0.267 e. The van der Waals surface area contributed by atoms with Gasteiger partial charge < -0.3 is 5.73 Å². The Morgan fingerprint density at radius 1 is 1.29 bits per heavy atom. The first kappa shape index (κ1) is 8.97. The Morgan fingerprint density at radius 3 is 2.79 bits per heavy atom. The predicted molar refractivity (Wildman–Crippen MR) is 55.3 cm³/mol. The van der Waals surface area contributed by atoms with E-state index in [9.17, 15) is 4.79 Å². The van der Waals surface area contributed by atoms with Gasteiger partial charge in [-0.05, 0) is 12.1 Å². The fourth-order valence-electron chi connectivity index (χ4n) is 1.25. The molecule has 0 aliphatic rings. The maximum atomic E-state index is 10.9. The lowest BCUT2D eigenvalue weighted by Gasteiger charge is -2.00. The Hall–Kier alpha value is -1.61. The second kappa shape index (κ2) is 3.27. The van der Waals surface area contributed by atoms with Gasteiger partial charge in [-0.3, -0.25) is 4.79 Å². The summed E-state index contributed by atoms with van der Waals surface area (Å²) < 4.78 is 0. The molecule has 2 N–H and O–H groups in total. The number of nitrogens with zero attached hydrogens (tertiary/aromatic N) is 1. The van der Waals surface area contributed by atoms with Crippen molar-refractivity contribution in [3.05, 3.63) is 41.0 Å². The molecule has 14 heavy (non-hydrogen) atoms. The zero-order chi connectivity index (χ0) is 10.1. The van der Waals surface area contributed by atoms with Crippen LogP contribution in [0.25, 0.3) is 10.9 Å². The number of aromatic nitrogens is 1. The Morgan fingerprint density at radius 2 is 2.07 bits per heavy atom. The summed E-state index contributed by atoms with van der Waals surface area (Å²) in [6, 6.07) is 8.78. The van der Waals surface area contributed by atoms with Crippen LogP contribution in [0.4, 0.5) is 0 Å². The van der Waals surface area contributed by atoms with Crippen LogP contribution in [-0.4, -0.2) is 10.9 Å². The van der Waals surface area contributed by atoms with E-state index in [4.69, 9.17) is 17.3 Å². The Kier molecular flexibility index (Phi) is 2.09. The largest absolute Gasteiger partial charge is 0.364 e. The molecule has 0 bridgehead atoms. The molecule has 0 atom stereocenters. The van der Waals surface area contributed by atoms with Crippen molar-refractivity contribution in [3.63, 3.8) is 0 Å². The number of carbonyl (C=O) groups excluding carboxylic acids is 1. The zero-order valence-electron chi connectivity index (χ0n) is 7.20. The lowest BCUT2D eigenvalue weighted by molar-refractivity contribution is 0.0996. The Bertz CT molecular complexity index is 510. The highest BCUT2D eigenvalue weighted by Gasteiger charge is 2.05. The molecule has 0 spiro atoms. The number of nitrogens with two attached hydrogens (primary N) is 1. The van der Waals surface area contributed by atoms with Crippen LogP contribution in [0, 0.1) is 0 Å². The minimum atomic E-state index is -0.549. The molecule has 1 heterocycles. The number of hydrogen-bond acceptors (Lipinski definition) is 2. The van der Waals surface area contributed by atoms with E-state index in [0.717, 1.165) is 5.39 Å². The number of carbonyl (C=O) groups is 1. The number of rotatable bonds is 1. The van der Waals surface area contributed by atoms with Crippen LogP contribution in [0.1, 0.15) is 10.5 Å². The molecule has 70 valence electrons. The number of para-hydroxylation sites is 1. The number of benzene rings is 1. The summed E-state index contributed by atoms with van der Waals surface area (Å²) >= 11 is 5.92. The normalized spacial score (nSPS) is 10.4. The van der Waals surface area contributed by atoms with Gasteiger partial charge in [0.1, 0.15) is 5.69 Å². The summed E-state index contributed by atoms with van der Waals surface area (Å²) in [7, 11) is 0. The molecule has 2 aromatic rings. The molecule has 0 saturated heterocycles. The van der Waals surface area contributed by atoms with E-state index < -0.39 is 5.91 Å². The Labute approximate surface area is 85.5 Å². The lowest BCUT2D eigenvalue weighted by Crippen LogP contribution is -2.12. The van der Waals surface area contributed by atoms with Gasteiger partial charge in [-0.2, -0.15) is 0 Å². The van der Waals surface area contributed by atoms with Crippen LogP contribution in [0.15, 0.2) is 30.3 Å². The van der Waals surface area contributed by atoms with E-state index in [2.05, 4.69) is 4.98 Å². The van der Waals surface area contributed by atoms with E-state index in [-0.39, 0.29) is 5.69 Å². The van der Waals surface area contributed by atoms with Crippen LogP contribution >= 0.6 is 11.6 Å². The summed E-state index contributed by atoms with van der Waals surface area (Å²) in [5.41, 5.74) is 5.94. The van der Waals surface area contributed by atoms with Crippen molar-refractivity contribution in [1.82, 2.24) is 4.98 Å². The number of pyridine rings is 1. The van der Waals surface area contributed by atoms with Crippen molar-refractivity contribution in [2.45, 2.75) is 0 Å². The summed E-state index contributed by atoms with van der Waals surface area (Å²) in [6.07, 6.45) is 0. The Balaban J connectivity index is 2.76. The van der Waals surface area contributed by atoms with Crippen LogP contribution in [0.5, 0.6) is 0 Å². The van der Waals surface area contributed by atoms with Gasteiger partial charge in [0.2, 0.25) is 0 Å². The van der Waals surface area contributed by atoms with Crippen LogP contribution in [0.2, 0.25) is 5.02 Å². The van der Waals surface area contributed by atoms with Crippen LogP contribution in [-0.2, 0) is 0 Å². The quantitative estimate of drug-likeness (QED) is 0.776. The number of fused-ring (bicyclic) bond motifs is 1. The fourth-order valence-corrected chi connectivity index (χ4v) is 1.47. The lowest BCUT2D eigenvalue weighted by atomic mass is 10.2. The number of halogens is 1. The molecule has 4 heteroatoms. The highest BCUT2D eigenvalue weighted by molar-refractivity contribution is 6.35. The van der Waals surface area contributed by atoms with Crippen molar-refractivity contribution >= 4 is 28.4 Å². The van der Waals surface area contributed by atoms with E-state index in [0.29, 0.717) is 10.5 Å². The number of amides is 1. The first-order valence-corrected chi connectivity index (χ1v) is 4.41. The van der Waals surface area contributed by atoms with Gasteiger partial charge >= 0.3 is 0 Å². The minimum Gasteiger partial charge on any atom is -0.364 e. The monoisotopic (exact) mass is 206 g/mol. The van der Waals surface area contributed by atoms with Gasteiger partial charge in [0.25, 0.3) is 5.91 Å². The van der Waals surface area contributed by atoms with Gasteiger partial charge in [0.15, 0.2) is 0 Å². The molecule has 3 nitrogen and oxygen atoms in total. The molecular weight excluding hydrogens is 200 g/mol. The second-order valence-electron chi connectivity index (χ2n) is 2.87. The first-order valence-electron chi connectivity index (χ1n) is 4.03. The first-order chi connectivity index (χ1) is 6.68. The molecule has 2 rings (SSSR count). The average molecular weight is 207 g/mol. The van der Waals surface area contributed by atoms with Crippen molar-refractivity contribution in [2.24, 2.45) is 5.73 Å². The van der Waals surface area contributed by atoms with Gasteiger partial charge in [0, 0.05) is 5.39 Å². The van der Waals surface area contributed by atoms with E-state index in [1.165, 1.54) is 0 Å². The van der Waals surface area contributed by atoms with E-state index >= 15 is 0 Å². The van der Waals surface area contributed by atoms with Crippen LogP contribution < -0.4 is 5.73 Å². The molecule has 0 aliphatic heterocycles. The van der Waals surface area contributed by atoms with Crippen molar-refractivity contribution in [3.8, 4) is 0 Å². The third-order valence-electron chi connectivity index (χ3n) is 1.92. The van der Waals surface area contributed by atoms with Crippen LogP contribution in [0.3, 0.4) is 0 Å². The van der Waals surface area contributed by atoms with Gasteiger partial charge in [-0.1, -0.05) is 29.8 Å². The number of primary amides is 1. The van der Waals surface area contributed by atoms with E-state index in [1.54, 1.807) is 18.2 Å². The topological polar surface area (TPSA) is 56.0 Å². The molecule has 1 aromatic heterocycles.